The number of ether oxygens (including phenoxy) is 1. The minimum atomic E-state index is -0.578. The minimum Gasteiger partial charge on any atom is -0.449 e. The zero-order chi connectivity index (χ0) is 18.5. The molecule has 0 spiro atoms. The second kappa shape index (κ2) is 8.15. The highest BCUT2D eigenvalue weighted by Crippen LogP contribution is 2.44. The monoisotopic (exact) mass is 352 g/mol. The van der Waals surface area contributed by atoms with E-state index in [0.717, 1.165) is 17.7 Å². The van der Waals surface area contributed by atoms with Gasteiger partial charge in [0.25, 0.3) is 0 Å². The van der Waals surface area contributed by atoms with E-state index in [1.165, 1.54) is 18.1 Å². The van der Waals surface area contributed by atoms with Crippen molar-refractivity contribution in [3.8, 4) is 11.1 Å². The highest BCUT2D eigenvalue weighted by molar-refractivity contribution is 5.85. The molecule has 1 aliphatic carbocycles. The molecule has 0 saturated heterocycles. The standard InChI is InChI=1S/C21H24N2O3/c1-3-22-12-20(14(2)24)23-21(25)26-13-19-17-10-6-4-8-15(17)16-9-5-7-11-18(16)19/h4-11,19-20,22H,3,12-13H2,1-2H3,(H,23,25). The molecule has 2 aromatic rings. The van der Waals surface area contributed by atoms with Crippen LogP contribution < -0.4 is 10.6 Å². The van der Waals surface area contributed by atoms with Gasteiger partial charge in [0.2, 0.25) is 0 Å². The second-order valence-corrected chi connectivity index (χ2v) is 6.44. The first kappa shape index (κ1) is 18.1. The van der Waals surface area contributed by atoms with Crippen LogP contribution in [0.2, 0.25) is 0 Å². The summed E-state index contributed by atoms with van der Waals surface area (Å²) in [7, 11) is 0. The number of carbonyl (C=O) groups excluding carboxylic acids is 2. The van der Waals surface area contributed by atoms with E-state index in [9.17, 15) is 9.59 Å². The van der Waals surface area contributed by atoms with Gasteiger partial charge in [-0.1, -0.05) is 55.5 Å². The first-order valence-corrected chi connectivity index (χ1v) is 8.94. The lowest BCUT2D eigenvalue weighted by molar-refractivity contribution is -0.118. The summed E-state index contributed by atoms with van der Waals surface area (Å²) in [5.74, 6) is -0.0860. The third-order valence-corrected chi connectivity index (χ3v) is 4.72. The SMILES string of the molecule is CCNCC(NC(=O)OCC1c2ccccc2-c2ccccc21)C(C)=O. The largest absolute Gasteiger partial charge is 0.449 e. The number of Topliss-reactive ketones (excluding diaryl/α,β-unsaturated/α-hetero) is 1. The molecule has 0 fully saturated rings. The van der Waals surface area contributed by atoms with Gasteiger partial charge in [-0.15, -0.1) is 0 Å². The van der Waals surface area contributed by atoms with E-state index < -0.39 is 12.1 Å². The number of likely N-dealkylation sites (N-methyl/N-ethyl adjacent to an activating group) is 1. The Balaban J connectivity index is 1.68. The van der Waals surface area contributed by atoms with Gasteiger partial charge in [0, 0.05) is 12.5 Å². The lowest BCUT2D eigenvalue weighted by atomic mass is 9.98. The average Bonchev–Trinajstić information content (AvgIpc) is 2.97. The summed E-state index contributed by atoms with van der Waals surface area (Å²) in [5.41, 5.74) is 4.70. The molecule has 0 radical (unpaired) electrons. The molecule has 1 atom stereocenters. The summed E-state index contributed by atoms with van der Waals surface area (Å²) in [4.78, 5) is 23.9. The Morgan fingerprint density at radius 3 is 2.15 bits per heavy atom. The molecule has 3 rings (SSSR count). The van der Waals surface area contributed by atoms with Crippen LogP contribution in [-0.2, 0) is 9.53 Å². The number of carbonyl (C=O) groups is 2. The maximum absolute atomic E-state index is 12.2. The molecule has 2 aromatic carbocycles. The van der Waals surface area contributed by atoms with E-state index in [4.69, 9.17) is 4.74 Å². The van der Waals surface area contributed by atoms with Crippen molar-refractivity contribution in [2.45, 2.75) is 25.8 Å². The first-order chi connectivity index (χ1) is 12.6. The summed E-state index contributed by atoms with van der Waals surface area (Å²) in [6, 6.07) is 15.8. The molecule has 0 heterocycles. The molecule has 5 heteroatoms. The van der Waals surface area contributed by atoms with E-state index in [1.807, 2.05) is 31.2 Å². The van der Waals surface area contributed by atoms with Crippen molar-refractivity contribution in [2.75, 3.05) is 19.7 Å². The van der Waals surface area contributed by atoms with E-state index in [0.29, 0.717) is 6.54 Å². The minimum absolute atomic E-state index is 0.0118. The molecule has 1 amide bonds. The van der Waals surface area contributed by atoms with Crippen LogP contribution in [0.15, 0.2) is 48.5 Å². The quantitative estimate of drug-likeness (QED) is 0.804. The number of rotatable bonds is 7. The maximum atomic E-state index is 12.2. The van der Waals surface area contributed by atoms with Crippen molar-refractivity contribution in [3.05, 3.63) is 59.7 Å². The molecule has 26 heavy (non-hydrogen) atoms. The molecule has 0 bridgehead atoms. The summed E-state index contributed by atoms with van der Waals surface area (Å²) in [6.45, 7) is 4.79. The summed E-state index contributed by atoms with van der Waals surface area (Å²) < 4.78 is 5.47. The van der Waals surface area contributed by atoms with Gasteiger partial charge in [-0.2, -0.15) is 0 Å². The van der Waals surface area contributed by atoms with E-state index in [2.05, 4.69) is 34.9 Å². The van der Waals surface area contributed by atoms with Gasteiger partial charge in [0.05, 0.1) is 0 Å². The van der Waals surface area contributed by atoms with Crippen LogP contribution in [0.1, 0.15) is 30.9 Å². The van der Waals surface area contributed by atoms with Crippen molar-refractivity contribution in [1.29, 1.82) is 0 Å². The number of benzene rings is 2. The van der Waals surface area contributed by atoms with Crippen molar-refractivity contribution in [2.24, 2.45) is 0 Å². The predicted molar refractivity (Wildman–Crippen MR) is 101 cm³/mol. The van der Waals surface area contributed by atoms with Gasteiger partial charge >= 0.3 is 6.09 Å². The molecule has 1 aliphatic rings. The van der Waals surface area contributed by atoms with Crippen molar-refractivity contribution < 1.29 is 14.3 Å². The normalized spacial score (nSPS) is 13.6. The molecule has 1 unspecified atom stereocenters. The maximum Gasteiger partial charge on any atom is 0.407 e. The first-order valence-electron chi connectivity index (χ1n) is 8.94. The fourth-order valence-electron chi connectivity index (χ4n) is 3.37. The summed E-state index contributed by atoms with van der Waals surface area (Å²) >= 11 is 0. The van der Waals surface area contributed by atoms with Crippen molar-refractivity contribution >= 4 is 11.9 Å². The number of ketones is 1. The Morgan fingerprint density at radius 2 is 1.62 bits per heavy atom. The van der Waals surface area contributed by atoms with Crippen molar-refractivity contribution in [3.63, 3.8) is 0 Å². The summed E-state index contributed by atoms with van der Waals surface area (Å²) in [6.07, 6.45) is -0.565. The third kappa shape index (κ3) is 3.78. The molecule has 136 valence electrons. The van der Waals surface area contributed by atoms with Gasteiger partial charge in [0.1, 0.15) is 12.6 Å². The van der Waals surface area contributed by atoms with Gasteiger partial charge in [-0.25, -0.2) is 4.79 Å². The Morgan fingerprint density at radius 1 is 1.04 bits per heavy atom. The number of amides is 1. The summed E-state index contributed by atoms with van der Waals surface area (Å²) in [5, 5.41) is 5.72. The molecular weight excluding hydrogens is 328 g/mol. The number of hydrogen-bond acceptors (Lipinski definition) is 4. The number of alkyl carbamates (subject to hydrolysis) is 1. The average molecular weight is 352 g/mol. The van der Waals surface area contributed by atoms with Crippen LogP contribution in [0.4, 0.5) is 4.79 Å². The number of nitrogens with one attached hydrogen (secondary N) is 2. The zero-order valence-corrected chi connectivity index (χ0v) is 15.1. The van der Waals surface area contributed by atoms with Gasteiger partial charge in [-0.05, 0) is 35.7 Å². The van der Waals surface area contributed by atoms with E-state index in [-0.39, 0.29) is 18.3 Å². The smallest absolute Gasteiger partial charge is 0.407 e. The highest BCUT2D eigenvalue weighted by Gasteiger charge is 2.29. The fraction of sp³-hybridized carbons (Fsp3) is 0.333. The molecule has 5 nitrogen and oxygen atoms in total. The Kier molecular flexibility index (Phi) is 5.68. The van der Waals surface area contributed by atoms with Crippen molar-refractivity contribution in [1.82, 2.24) is 10.6 Å². The predicted octanol–water partition coefficient (Wildman–Crippen LogP) is 3.09. The van der Waals surface area contributed by atoms with Crippen LogP contribution in [0.25, 0.3) is 11.1 Å². The Hall–Kier alpha value is -2.66. The van der Waals surface area contributed by atoms with Crippen LogP contribution in [0, 0.1) is 0 Å². The molecule has 2 N–H and O–H groups in total. The molecule has 0 aromatic heterocycles. The van der Waals surface area contributed by atoms with Crippen LogP contribution in [0.3, 0.4) is 0 Å². The Labute approximate surface area is 153 Å². The number of hydrogen-bond donors (Lipinski definition) is 2. The van der Waals surface area contributed by atoms with E-state index >= 15 is 0 Å². The fourth-order valence-corrected chi connectivity index (χ4v) is 3.37. The van der Waals surface area contributed by atoms with Crippen LogP contribution in [0.5, 0.6) is 0 Å². The van der Waals surface area contributed by atoms with E-state index in [1.54, 1.807) is 0 Å². The van der Waals surface area contributed by atoms with Gasteiger partial charge in [0.15, 0.2) is 5.78 Å². The highest BCUT2D eigenvalue weighted by atomic mass is 16.5. The lowest BCUT2D eigenvalue weighted by Gasteiger charge is -2.18. The molecule has 0 saturated carbocycles. The second-order valence-electron chi connectivity index (χ2n) is 6.44. The zero-order valence-electron chi connectivity index (χ0n) is 15.1. The molecular formula is C21H24N2O3. The van der Waals surface area contributed by atoms with Gasteiger partial charge in [-0.3, -0.25) is 4.79 Å². The van der Waals surface area contributed by atoms with Crippen LogP contribution >= 0.6 is 0 Å². The topological polar surface area (TPSA) is 67.4 Å². The van der Waals surface area contributed by atoms with Crippen LogP contribution in [-0.4, -0.2) is 37.6 Å². The lowest BCUT2D eigenvalue weighted by Crippen LogP contribution is -2.46. The molecule has 0 aliphatic heterocycles. The number of fused-ring (bicyclic) bond motifs is 3. The van der Waals surface area contributed by atoms with Gasteiger partial charge < -0.3 is 15.4 Å². The third-order valence-electron chi connectivity index (χ3n) is 4.72. The Bertz CT molecular complexity index is 758.